The number of carbonyl (C=O) groups is 1. The average molecular weight is 309 g/mol. The highest BCUT2D eigenvalue weighted by atomic mass is 19.1. The summed E-state index contributed by atoms with van der Waals surface area (Å²) in [5, 5.41) is 9.54. The molecule has 0 saturated carbocycles. The molecule has 1 amide bonds. The van der Waals surface area contributed by atoms with Gasteiger partial charge in [0, 0.05) is 31.9 Å². The largest absolute Gasteiger partial charge is 0.377 e. The number of halogens is 1. The number of hydrogen-bond donors (Lipinski definition) is 0. The van der Waals surface area contributed by atoms with E-state index in [4.69, 9.17) is 0 Å². The van der Waals surface area contributed by atoms with Gasteiger partial charge in [-0.2, -0.15) is 5.26 Å². The van der Waals surface area contributed by atoms with Gasteiger partial charge in [0.15, 0.2) is 0 Å². The highest BCUT2D eigenvalue weighted by Crippen LogP contribution is 2.38. The third-order valence-electron chi connectivity index (χ3n) is 4.03. The predicted octanol–water partition coefficient (Wildman–Crippen LogP) is 3.11. The van der Waals surface area contributed by atoms with Crippen molar-refractivity contribution >= 4 is 11.6 Å². The Labute approximate surface area is 134 Å². The SMILES string of the molecule is CN(C)c1cccc2c1C(=O)N(Cc1ccc(F)cc1)C2C#N. The number of benzene rings is 2. The van der Waals surface area contributed by atoms with E-state index >= 15 is 0 Å². The molecule has 116 valence electrons. The standard InChI is InChI=1S/C18H16FN3O/c1-21(2)15-5-3-4-14-16(10-20)22(18(23)17(14)15)11-12-6-8-13(19)9-7-12/h3-9,16H,11H2,1-2H3. The first-order valence-electron chi connectivity index (χ1n) is 7.28. The fourth-order valence-corrected chi connectivity index (χ4v) is 2.91. The second-order valence-corrected chi connectivity index (χ2v) is 5.73. The molecular formula is C18H16FN3O. The van der Waals surface area contributed by atoms with Crippen molar-refractivity contribution in [1.29, 1.82) is 5.26 Å². The quantitative estimate of drug-likeness (QED) is 0.875. The van der Waals surface area contributed by atoms with Gasteiger partial charge >= 0.3 is 0 Å². The van der Waals surface area contributed by atoms with E-state index in [0.717, 1.165) is 16.8 Å². The number of carbonyl (C=O) groups excluding carboxylic acids is 1. The lowest BCUT2D eigenvalue weighted by Gasteiger charge is -2.20. The van der Waals surface area contributed by atoms with Crippen molar-refractivity contribution in [1.82, 2.24) is 4.90 Å². The van der Waals surface area contributed by atoms with Crippen molar-refractivity contribution in [2.45, 2.75) is 12.6 Å². The molecule has 1 aliphatic rings. The molecule has 0 fully saturated rings. The monoisotopic (exact) mass is 309 g/mol. The lowest BCUT2D eigenvalue weighted by atomic mass is 10.0. The molecule has 3 rings (SSSR count). The Hall–Kier alpha value is -2.87. The third kappa shape index (κ3) is 2.53. The van der Waals surface area contributed by atoms with Crippen LogP contribution in [0.4, 0.5) is 10.1 Å². The maximum atomic E-state index is 13.0. The first kappa shape index (κ1) is 15.0. The second kappa shape index (κ2) is 5.73. The minimum absolute atomic E-state index is 0.167. The van der Waals surface area contributed by atoms with Crippen LogP contribution in [-0.2, 0) is 6.54 Å². The summed E-state index contributed by atoms with van der Waals surface area (Å²) in [7, 11) is 3.74. The Bertz CT molecular complexity index is 793. The summed E-state index contributed by atoms with van der Waals surface area (Å²) in [5.41, 5.74) is 2.89. The van der Waals surface area contributed by atoms with Gasteiger partial charge in [0.05, 0.1) is 11.6 Å². The molecule has 0 aliphatic carbocycles. The molecule has 5 heteroatoms. The second-order valence-electron chi connectivity index (χ2n) is 5.73. The van der Waals surface area contributed by atoms with Crippen LogP contribution in [0.15, 0.2) is 42.5 Å². The van der Waals surface area contributed by atoms with Gasteiger partial charge < -0.3 is 9.80 Å². The van der Waals surface area contributed by atoms with E-state index in [-0.39, 0.29) is 18.3 Å². The van der Waals surface area contributed by atoms with E-state index in [9.17, 15) is 14.4 Å². The van der Waals surface area contributed by atoms with Gasteiger partial charge in [-0.1, -0.05) is 24.3 Å². The lowest BCUT2D eigenvalue weighted by Crippen LogP contribution is -2.27. The summed E-state index contributed by atoms with van der Waals surface area (Å²) in [6, 6.07) is 13.1. The molecule has 1 unspecified atom stereocenters. The van der Waals surface area contributed by atoms with Crippen molar-refractivity contribution in [3.05, 3.63) is 65.0 Å². The Kier molecular flexibility index (Phi) is 3.75. The van der Waals surface area contributed by atoms with Crippen LogP contribution >= 0.6 is 0 Å². The van der Waals surface area contributed by atoms with Crippen molar-refractivity contribution in [3.8, 4) is 6.07 Å². The van der Waals surface area contributed by atoms with Gasteiger partial charge in [-0.15, -0.1) is 0 Å². The van der Waals surface area contributed by atoms with Gasteiger partial charge in [-0.3, -0.25) is 4.79 Å². The van der Waals surface area contributed by atoms with Crippen LogP contribution in [0.3, 0.4) is 0 Å². The zero-order valence-electron chi connectivity index (χ0n) is 13.0. The summed E-state index contributed by atoms with van der Waals surface area (Å²) in [4.78, 5) is 16.2. The molecule has 1 heterocycles. The Morgan fingerprint density at radius 1 is 1.22 bits per heavy atom. The molecule has 0 aromatic heterocycles. The van der Waals surface area contributed by atoms with Crippen LogP contribution in [0.25, 0.3) is 0 Å². The van der Waals surface area contributed by atoms with Crippen LogP contribution in [-0.4, -0.2) is 24.9 Å². The third-order valence-corrected chi connectivity index (χ3v) is 4.03. The number of nitriles is 1. The van der Waals surface area contributed by atoms with Crippen LogP contribution in [0, 0.1) is 17.1 Å². The minimum Gasteiger partial charge on any atom is -0.377 e. The van der Waals surface area contributed by atoms with E-state index in [2.05, 4.69) is 6.07 Å². The van der Waals surface area contributed by atoms with Gasteiger partial charge in [0.1, 0.15) is 11.9 Å². The van der Waals surface area contributed by atoms with E-state index in [1.807, 2.05) is 37.2 Å². The molecular weight excluding hydrogens is 293 g/mol. The Morgan fingerprint density at radius 2 is 1.91 bits per heavy atom. The average Bonchev–Trinajstić information content (AvgIpc) is 2.81. The number of anilines is 1. The van der Waals surface area contributed by atoms with E-state index in [1.165, 1.54) is 17.0 Å². The first-order chi connectivity index (χ1) is 11.0. The van der Waals surface area contributed by atoms with Crippen molar-refractivity contribution in [3.63, 3.8) is 0 Å². The summed E-state index contributed by atoms with van der Waals surface area (Å²) in [5.74, 6) is -0.489. The van der Waals surface area contributed by atoms with E-state index < -0.39 is 6.04 Å². The molecule has 2 aromatic carbocycles. The number of rotatable bonds is 3. The molecule has 2 aromatic rings. The summed E-state index contributed by atoms with van der Waals surface area (Å²) >= 11 is 0. The van der Waals surface area contributed by atoms with Crippen LogP contribution in [0.5, 0.6) is 0 Å². The van der Waals surface area contributed by atoms with Crippen molar-refractivity contribution < 1.29 is 9.18 Å². The maximum absolute atomic E-state index is 13.0. The number of amides is 1. The zero-order chi connectivity index (χ0) is 16.6. The highest BCUT2D eigenvalue weighted by Gasteiger charge is 2.38. The fourth-order valence-electron chi connectivity index (χ4n) is 2.91. The van der Waals surface area contributed by atoms with Gasteiger partial charge in [-0.25, -0.2) is 4.39 Å². The lowest BCUT2D eigenvalue weighted by molar-refractivity contribution is 0.0745. The smallest absolute Gasteiger partial charge is 0.258 e. The molecule has 0 spiro atoms. The Balaban J connectivity index is 2.00. The molecule has 0 radical (unpaired) electrons. The summed E-state index contributed by atoms with van der Waals surface area (Å²) in [6.07, 6.45) is 0. The number of nitrogens with zero attached hydrogens (tertiary/aromatic N) is 3. The minimum atomic E-state index is -0.623. The summed E-state index contributed by atoms with van der Waals surface area (Å²) in [6.45, 7) is 0.277. The van der Waals surface area contributed by atoms with Gasteiger partial charge in [-0.05, 0) is 23.8 Å². The van der Waals surface area contributed by atoms with Gasteiger partial charge in [0.25, 0.3) is 5.91 Å². The number of hydrogen-bond acceptors (Lipinski definition) is 3. The maximum Gasteiger partial charge on any atom is 0.258 e. The first-order valence-corrected chi connectivity index (χ1v) is 7.28. The van der Waals surface area contributed by atoms with Crippen molar-refractivity contribution in [2.75, 3.05) is 19.0 Å². The molecule has 0 saturated heterocycles. The zero-order valence-corrected chi connectivity index (χ0v) is 13.0. The molecule has 1 atom stereocenters. The number of fused-ring (bicyclic) bond motifs is 1. The fraction of sp³-hybridized carbons (Fsp3) is 0.222. The van der Waals surface area contributed by atoms with Crippen molar-refractivity contribution in [2.24, 2.45) is 0 Å². The predicted molar refractivity (Wildman–Crippen MR) is 85.4 cm³/mol. The highest BCUT2D eigenvalue weighted by molar-refractivity contribution is 6.04. The van der Waals surface area contributed by atoms with Crippen LogP contribution < -0.4 is 4.90 Å². The van der Waals surface area contributed by atoms with Crippen LogP contribution in [0.2, 0.25) is 0 Å². The van der Waals surface area contributed by atoms with Crippen LogP contribution in [0.1, 0.15) is 27.5 Å². The Morgan fingerprint density at radius 3 is 2.52 bits per heavy atom. The normalized spacial score (nSPS) is 16.2. The molecule has 0 N–H and O–H groups in total. The summed E-state index contributed by atoms with van der Waals surface area (Å²) < 4.78 is 13.0. The van der Waals surface area contributed by atoms with E-state index in [1.54, 1.807) is 12.1 Å². The topological polar surface area (TPSA) is 47.3 Å². The van der Waals surface area contributed by atoms with E-state index in [0.29, 0.717) is 5.56 Å². The molecule has 0 bridgehead atoms. The molecule has 1 aliphatic heterocycles. The molecule has 23 heavy (non-hydrogen) atoms. The molecule has 4 nitrogen and oxygen atoms in total. The van der Waals surface area contributed by atoms with Gasteiger partial charge in [0.2, 0.25) is 0 Å².